The Labute approximate surface area is 155 Å². The van der Waals surface area contributed by atoms with Crippen molar-refractivity contribution in [3.05, 3.63) is 39.7 Å². The van der Waals surface area contributed by atoms with E-state index >= 15 is 0 Å². The van der Waals surface area contributed by atoms with Crippen molar-refractivity contribution in [1.82, 2.24) is 9.71 Å². The molecule has 2 heterocycles. The van der Waals surface area contributed by atoms with Gasteiger partial charge in [0.05, 0.1) is 17.6 Å². The molecule has 27 heavy (non-hydrogen) atoms. The summed E-state index contributed by atoms with van der Waals surface area (Å²) < 4.78 is 68.9. The van der Waals surface area contributed by atoms with Crippen LogP contribution < -0.4 is 10.0 Å². The van der Waals surface area contributed by atoms with Crippen LogP contribution >= 0.6 is 11.3 Å². The molecule has 0 saturated heterocycles. The van der Waals surface area contributed by atoms with Crippen LogP contribution in [0.5, 0.6) is 0 Å². The van der Waals surface area contributed by atoms with Crippen LogP contribution in [0.1, 0.15) is 20.9 Å². The van der Waals surface area contributed by atoms with Gasteiger partial charge in [-0.2, -0.15) is 13.2 Å². The maximum absolute atomic E-state index is 12.9. The van der Waals surface area contributed by atoms with Gasteiger partial charge in [0.25, 0.3) is 10.0 Å². The molecule has 0 fully saturated rings. The summed E-state index contributed by atoms with van der Waals surface area (Å²) in [5.41, 5.74) is -1.98. The van der Waals surface area contributed by atoms with E-state index in [4.69, 9.17) is 0 Å². The van der Waals surface area contributed by atoms with Gasteiger partial charge in [-0.25, -0.2) is 27.7 Å². The molecule has 0 aliphatic rings. The minimum Gasteiger partial charge on any atom is -0.464 e. The number of nitrogens with one attached hydrogen (secondary N) is 2. The summed E-state index contributed by atoms with van der Waals surface area (Å²) in [5, 5.41) is 3.16. The highest BCUT2D eigenvalue weighted by molar-refractivity contribution is 7.90. The van der Waals surface area contributed by atoms with Crippen molar-refractivity contribution in [3.8, 4) is 0 Å². The number of aryl methyl sites for hydroxylation is 1. The quantitative estimate of drug-likeness (QED) is 0.731. The third kappa shape index (κ3) is 5.17. The Bertz CT molecular complexity index is 986. The number of sulfonamides is 1. The predicted octanol–water partition coefficient (Wildman–Crippen LogP) is 2.77. The molecular weight excluding hydrogens is 411 g/mol. The normalized spacial score (nSPS) is 11.7. The minimum absolute atomic E-state index is 0.174. The molecule has 0 unspecified atom stereocenters. The van der Waals surface area contributed by atoms with E-state index in [0.717, 1.165) is 18.4 Å². The largest absolute Gasteiger partial charge is 0.464 e. The summed E-state index contributed by atoms with van der Waals surface area (Å²) in [6, 6.07) is 0.868. The zero-order chi connectivity index (χ0) is 20.4. The molecular formula is C14H12F3N3O5S2. The molecule has 2 aromatic heterocycles. The van der Waals surface area contributed by atoms with Crippen molar-refractivity contribution < 1.29 is 35.9 Å². The number of rotatable bonds is 4. The second kappa shape index (κ2) is 7.52. The first kappa shape index (κ1) is 20.6. The Hall–Kier alpha value is -2.67. The molecule has 0 saturated carbocycles. The van der Waals surface area contributed by atoms with Gasteiger partial charge in [0.15, 0.2) is 5.69 Å². The highest BCUT2D eigenvalue weighted by Crippen LogP contribution is 2.31. The van der Waals surface area contributed by atoms with Crippen molar-refractivity contribution >= 4 is 39.2 Å². The second-order valence-corrected chi connectivity index (χ2v) is 7.87. The molecule has 146 valence electrons. The van der Waals surface area contributed by atoms with E-state index in [9.17, 15) is 31.2 Å². The van der Waals surface area contributed by atoms with Gasteiger partial charge in [0, 0.05) is 10.3 Å². The zero-order valence-electron chi connectivity index (χ0n) is 13.7. The first-order valence-corrected chi connectivity index (χ1v) is 9.35. The number of halogens is 3. The Kier molecular flexibility index (Phi) is 5.75. The average molecular weight is 423 g/mol. The number of nitrogens with zero attached hydrogens (tertiary/aromatic N) is 1. The molecule has 0 atom stereocenters. The van der Waals surface area contributed by atoms with Crippen molar-refractivity contribution in [2.75, 3.05) is 12.4 Å². The SMILES string of the molecule is COC(=O)c1cc(C(F)(F)F)cc(NC(=O)NS(=O)(=O)c2csc(C)c2)n1. The fourth-order valence-corrected chi connectivity index (χ4v) is 3.89. The van der Waals surface area contributed by atoms with Crippen LogP contribution in [0.25, 0.3) is 0 Å². The van der Waals surface area contributed by atoms with Gasteiger partial charge < -0.3 is 4.74 Å². The van der Waals surface area contributed by atoms with Gasteiger partial charge in [-0.1, -0.05) is 0 Å². The van der Waals surface area contributed by atoms with E-state index in [1.165, 1.54) is 11.4 Å². The standard InChI is InChI=1S/C14H12F3N3O5S2/c1-7-3-9(6-26-7)27(23,24)20-13(22)19-11-5-8(14(15,16)17)4-10(18-11)12(21)25-2/h3-6H,1-2H3,(H2,18,19,20,22). The number of aromatic nitrogens is 1. The molecule has 0 radical (unpaired) electrons. The molecule has 0 aliphatic carbocycles. The number of hydrogen-bond acceptors (Lipinski definition) is 7. The topological polar surface area (TPSA) is 114 Å². The van der Waals surface area contributed by atoms with Crippen molar-refractivity contribution in [1.29, 1.82) is 0 Å². The number of anilines is 1. The van der Waals surface area contributed by atoms with Crippen LogP contribution in [0.4, 0.5) is 23.8 Å². The summed E-state index contributed by atoms with van der Waals surface area (Å²) in [6.07, 6.45) is -4.83. The number of esters is 1. The van der Waals surface area contributed by atoms with E-state index < -0.39 is 45.3 Å². The molecule has 0 spiro atoms. The Morgan fingerprint density at radius 1 is 1.22 bits per heavy atom. The Morgan fingerprint density at radius 3 is 2.41 bits per heavy atom. The monoisotopic (exact) mass is 423 g/mol. The fourth-order valence-electron chi connectivity index (χ4n) is 1.85. The van der Waals surface area contributed by atoms with Crippen LogP contribution in [0.2, 0.25) is 0 Å². The maximum atomic E-state index is 12.9. The lowest BCUT2D eigenvalue weighted by Gasteiger charge is -2.12. The van der Waals surface area contributed by atoms with Gasteiger partial charge in [-0.05, 0) is 25.1 Å². The number of carbonyl (C=O) groups excluding carboxylic acids is 2. The van der Waals surface area contributed by atoms with Crippen molar-refractivity contribution in [2.24, 2.45) is 0 Å². The summed E-state index contributed by atoms with van der Waals surface area (Å²) in [7, 11) is -3.28. The van der Waals surface area contributed by atoms with E-state index in [1.54, 1.807) is 11.6 Å². The number of urea groups is 1. The van der Waals surface area contributed by atoms with Gasteiger partial charge >= 0.3 is 18.2 Å². The minimum atomic E-state index is -4.83. The highest BCUT2D eigenvalue weighted by Gasteiger charge is 2.33. The molecule has 2 N–H and O–H groups in total. The van der Waals surface area contributed by atoms with Crippen LogP contribution in [0, 0.1) is 6.92 Å². The molecule has 0 aromatic carbocycles. The molecule has 2 amide bonds. The van der Waals surface area contributed by atoms with Gasteiger partial charge in [-0.3, -0.25) is 5.32 Å². The van der Waals surface area contributed by atoms with Crippen LogP contribution in [0.15, 0.2) is 28.5 Å². The lowest BCUT2D eigenvalue weighted by molar-refractivity contribution is -0.137. The highest BCUT2D eigenvalue weighted by atomic mass is 32.2. The van der Waals surface area contributed by atoms with E-state index in [1.807, 2.05) is 5.32 Å². The predicted molar refractivity (Wildman–Crippen MR) is 89.0 cm³/mol. The maximum Gasteiger partial charge on any atom is 0.416 e. The summed E-state index contributed by atoms with van der Waals surface area (Å²) >= 11 is 1.14. The first-order chi connectivity index (χ1) is 12.4. The Balaban J connectivity index is 2.27. The van der Waals surface area contributed by atoms with Crippen molar-refractivity contribution in [2.45, 2.75) is 18.0 Å². The van der Waals surface area contributed by atoms with Crippen LogP contribution in [-0.4, -0.2) is 32.5 Å². The molecule has 2 rings (SSSR count). The van der Waals surface area contributed by atoms with E-state index in [0.29, 0.717) is 17.0 Å². The third-order valence-corrected chi connectivity index (χ3v) is 5.35. The molecule has 2 aromatic rings. The number of alkyl halides is 3. The molecule has 8 nitrogen and oxygen atoms in total. The first-order valence-electron chi connectivity index (χ1n) is 6.99. The fraction of sp³-hybridized carbons (Fsp3) is 0.214. The zero-order valence-corrected chi connectivity index (χ0v) is 15.4. The second-order valence-electron chi connectivity index (χ2n) is 5.07. The van der Waals surface area contributed by atoms with Gasteiger partial charge in [-0.15, -0.1) is 11.3 Å². The number of methoxy groups -OCH3 is 1. The lowest BCUT2D eigenvalue weighted by Crippen LogP contribution is -2.34. The summed E-state index contributed by atoms with van der Waals surface area (Å²) in [6.45, 7) is 1.66. The molecule has 13 heteroatoms. The van der Waals surface area contributed by atoms with Gasteiger partial charge in [0.1, 0.15) is 5.82 Å². The number of carbonyl (C=O) groups is 2. The molecule has 0 aliphatic heterocycles. The van der Waals surface area contributed by atoms with Gasteiger partial charge in [0.2, 0.25) is 0 Å². The lowest BCUT2D eigenvalue weighted by atomic mass is 10.2. The number of hydrogen-bond donors (Lipinski definition) is 2. The third-order valence-electron chi connectivity index (χ3n) is 3.03. The number of thiophene rings is 1. The number of amides is 2. The van der Waals surface area contributed by atoms with E-state index in [-0.39, 0.29) is 4.90 Å². The van der Waals surface area contributed by atoms with Crippen LogP contribution in [0.3, 0.4) is 0 Å². The summed E-state index contributed by atoms with van der Waals surface area (Å²) in [5.74, 6) is -1.84. The number of ether oxygens (including phenoxy) is 1. The van der Waals surface area contributed by atoms with Crippen molar-refractivity contribution in [3.63, 3.8) is 0 Å². The van der Waals surface area contributed by atoms with Crippen LogP contribution in [-0.2, 0) is 20.9 Å². The Morgan fingerprint density at radius 2 is 1.89 bits per heavy atom. The average Bonchev–Trinajstić information content (AvgIpc) is 2.99. The van der Waals surface area contributed by atoms with E-state index in [2.05, 4.69) is 9.72 Å². The molecule has 0 bridgehead atoms. The summed E-state index contributed by atoms with van der Waals surface area (Å²) in [4.78, 5) is 27.4. The number of pyridine rings is 1. The smallest absolute Gasteiger partial charge is 0.416 e.